The van der Waals surface area contributed by atoms with Gasteiger partial charge in [0.2, 0.25) is 5.91 Å². The van der Waals surface area contributed by atoms with E-state index in [4.69, 9.17) is 16.3 Å². The number of methoxy groups -OCH3 is 1. The predicted octanol–water partition coefficient (Wildman–Crippen LogP) is 4.49. The molecule has 0 unspecified atom stereocenters. The van der Waals surface area contributed by atoms with Gasteiger partial charge in [0.1, 0.15) is 12.3 Å². The molecule has 0 fully saturated rings. The van der Waals surface area contributed by atoms with Crippen LogP contribution in [0.2, 0.25) is 5.02 Å². The Morgan fingerprint density at radius 1 is 1.00 bits per heavy atom. The van der Waals surface area contributed by atoms with Crippen LogP contribution in [0.4, 0.5) is 11.4 Å². The summed E-state index contributed by atoms with van der Waals surface area (Å²) in [5.41, 5.74) is 1.58. The highest BCUT2D eigenvalue weighted by Crippen LogP contribution is 2.31. The quantitative estimate of drug-likeness (QED) is 0.582. The number of nitrogens with zero attached hydrogens (tertiary/aromatic N) is 1. The summed E-state index contributed by atoms with van der Waals surface area (Å²) < 4.78 is 33.0. The molecule has 0 saturated heterocycles. The van der Waals surface area contributed by atoms with E-state index < -0.39 is 22.5 Å². The van der Waals surface area contributed by atoms with Crippen molar-refractivity contribution in [3.63, 3.8) is 0 Å². The normalized spacial score (nSPS) is 11.0. The highest BCUT2D eigenvalue weighted by Gasteiger charge is 2.28. The molecule has 0 saturated carbocycles. The highest BCUT2D eigenvalue weighted by molar-refractivity contribution is 7.92. The zero-order valence-corrected chi connectivity index (χ0v) is 18.1. The van der Waals surface area contributed by atoms with Crippen LogP contribution in [0.5, 0.6) is 5.75 Å². The van der Waals surface area contributed by atoms with E-state index in [1.807, 2.05) is 6.92 Å². The van der Waals surface area contributed by atoms with Crippen molar-refractivity contribution < 1.29 is 17.9 Å². The summed E-state index contributed by atoms with van der Waals surface area (Å²) in [6.45, 7) is 1.40. The van der Waals surface area contributed by atoms with Gasteiger partial charge in [0, 0.05) is 0 Å². The molecule has 0 aliphatic carbocycles. The number of para-hydroxylation sites is 3. The Labute approximate surface area is 181 Å². The lowest BCUT2D eigenvalue weighted by Gasteiger charge is -2.25. The Balaban J connectivity index is 1.97. The molecule has 3 rings (SSSR count). The Morgan fingerprint density at radius 3 is 2.30 bits per heavy atom. The topological polar surface area (TPSA) is 75.7 Å². The number of sulfonamides is 1. The summed E-state index contributed by atoms with van der Waals surface area (Å²) >= 11 is 6.27. The van der Waals surface area contributed by atoms with Gasteiger partial charge in [0.15, 0.2) is 0 Å². The molecule has 0 heterocycles. The monoisotopic (exact) mass is 444 g/mol. The predicted molar refractivity (Wildman–Crippen MR) is 119 cm³/mol. The Morgan fingerprint density at radius 2 is 1.63 bits per heavy atom. The lowest BCUT2D eigenvalue weighted by molar-refractivity contribution is -0.114. The standard InChI is InChI=1S/C22H21ClN2O4S/c1-16-11-13-17(14-12-16)30(27,28)25(20-9-5-3-7-18(20)23)15-22(26)24-19-8-4-6-10-21(19)29-2/h3-14H,15H2,1-2H3,(H,24,26). The molecule has 1 amide bonds. The molecule has 156 valence electrons. The molecule has 0 aliphatic heterocycles. The Hall–Kier alpha value is -3.03. The summed E-state index contributed by atoms with van der Waals surface area (Å²) in [6, 6.07) is 19.8. The first-order valence-electron chi connectivity index (χ1n) is 9.09. The van der Waals surface area contributed by atoms with Crippen molar-refractivity contribution in [2.75, 3.05) is 23.3 Å². The molecule has 0 bridgehead atoms. The van der Waals surface area contributed by atoms with Gasteiger partial charge in [-0.2, -0.15) is 0 Å². The second-order valence-electron chi connectivity index (χ2n) is 6.52. The number of benzene rings is 3. The fourth-order valence-electron chi connectivity index (χ4n) is 2.86. The van der Waals surface area contributed by atoms with Crippen LogP contribution >= 0.6 is 11.6 Å². The van der Waals surface area contributed by atoms with Gasteiger partial charge >= 0.3 is 0 Å². The van der Waals surface area contributed by atoms with Crippen LogP contribution in [-0.4, -0.2) is 28.0 Å². The molecule has 8 heteroatoms. The molecule has 30 heavy (non-hydrogen) atoms. The summed E-state index contributed by atoms with van der Waals surface area (Å²) in [4.78, 5) is 12.9. The fourth-order valence-corrected chi connectivity index (χ4v) is 4.59. The molecule has 0 atom stereocenters. The SMILES string of the molecule is COc1ccccc1NC(=O)CN(c1ccccc1Cl)S(=O)(=O)c1ccc(C)cc1. The van der Waals surface area contributed by atoms with Crippen LogP contribution in [-0.2, 0) is 14.8 Å². The number of rotatable bonds is 7. The molecule has 0 radical (unpaired) electrons. The molecule has 0 spiro atoms. The van der Waals surface area contributed by atoms with Gasteiger partial charge in [0.05, 0.1) is 28.4 Å². The average molecular weight is 445 g/mol. The van der Waals surface area contributed by atoms with Crippen molar-refractivity contribution in [1.82, 2.24) is 0 Å². The number of hydrogen-bond acceptors (Lipinski definition) is 4. The van der Waals surface area contributed by atoms with Gasteiger partial charge in [-0.1, -0.05) is 53.6 Å². The number of ether oxygens (including phenoxy) is 1. The van der Waals surface area contributed by atoms with Gasteiger partial charge in [0.25, 0.3) is 10.0 Å². The van der Waals surface area contributed by atoms with E-state index in [0.717, 1.165) is 9.87 Å². The smallest absolute Gasteiger partial charge is 0.264 e. The van der Waals surface area contributed by atoms with E-state index in [1.165, 1.54) is 19.2 Å². The first-order valence-corrected chi connectivity index (χ1v) is 10.9. The van der Waals surface area contributed by atoms with Crippen molar-refractivity contribution in [3.8, 4) is 5.75 Å². The third-order valence-electron chi connectivity index (χ3n) is 4.40. The largest absolute Gasteiger partial charge is 0.495 e. The molecule has 3 aromatic rings. The minimum absolute atomic E-state index is 0.0677. The summed E-state index contributed by atoms with van der Waals surface area (Å²) in [5, 5.41) is 2.92. The molecule has 3 aromatic carbocycles. The zero-order valence-electron chi connectivity index (χ0n) is 16.5. The third-order valence-corrected chi connectivity index (χ3v) is 6.49. The number of carbonyl (C=O) groups is 1. The summed E-state index contributed by atoms with van der Waals surface area (Å²) in [5.74, 6) is -0.0633. The number of halogens is 1. The van der Waals surface area contributed by atoms with Crippen LogP contribution in [0.1, 0.15) is 5.56 Å². The first kappa shape index (κ1) is 21.7. The molecule has 0 aromatic heterocycles. The minimum Gasteiger partial charge on any atom is -0.495 e. The van der Waals surface area contributed by atoms with Crippen LogP contribution in [0.15, 0.2) is 77.7 Å². The number of hydrogen-bond donors (Lipinski definition) is 1. The van der Waals surface area contributed by atoms with Crippen LogP contribution < -0.4 is 14.4 Å². The molecule has 0 aliphatic rings. The number of amides is 1. The second kappa shape index (κ2) is 9.19. The maximum Gasteiger partial charge on any atom is 0.264 e. The number of anilines is 2. The van der Waals surface area contributed by atoms with Crippen molar-refractivity contribution in [1.29, 1.82) is 0 Å². The molecular weight excluding hydrogens is 424 g/mol. The van der Waals surface area contributed by atoms with E-state index >= 15 is 0 Å². The first-order chi connectivity index (χ1) is 14.3. The minimum atomic E-state index is -4.04. The van der Waals surface area contributed by atoms with Crippen molar-refractivity contribution >= 4 is 38.9 Å². The maximum absolute atomic E-state index is 13.4. The fraction of sp³-hybridized carbons (Fsp3) is 0.136. The molecule has 1 N–H and O–H groups in total. The molecule has 6 nitrogen and oxygen atoms in total. The van der Waals surface area contributed by atoms with E-state index in [9.17, 15) is 13.2 Å². The number of nitrogens with one attached hydrogen (secondary N) is 1. The summed E-state index contributed by atoms with van der Waals surface area (Å²) in [7, 11) is -2.55. The van der Waals surface area contributed by atoms with E-state index in [-0.39, 0.29) is 15.6 Å². The van der Waals surface area contributed by atoms with E-state index in [2.05, 4.69) is 5.32 Å². The van der Waals surface area contributed by atoms with E-state index in [0.29, 0.717) is 11.4 Å². The van der Waals surface area contributed by atoms with E-state index in [1.54, 1.807) is 60.7 Å². The van der Waals surface area contributed by atoms with Gasteiger partial charge < -0.3 is 10.1 Å². The van der Waals surface area contributed by atoms with Gasteiger partial charge in [-0.15, -0.1) is 0 Å². The number of aryl methyl sites for hydroxylation is 1. The van der Waals surface area contributed by atoms with Crippen LogP contribution in [0.3, 0.4) is 0 Å². The Kier molecular flexibility index (Phi) is 6.64. The van der Waals surface area contributed by atoms with Gasteiger partial charge in [-0.3, -0.25) is 9.10 Å². The maximum atomic E-state index is 13.4. The Bertz CT molecular complexity index is 1150. The highest BCUT2D eigenvalue weighted by atomic mass is 35.5. The van der Waals surface area contributed by atoms with Crippen molar-refractivity contribution in [3.05, 3.63) is 83.4 Å². The number of carbonyl (C=O) groups excluding carboxylic acids is 1. The zero-order chi connectivity index (χ0) is 21.7. The lowest BCUT2D eigenvalue weighted by atomic mass is 10.2. The third kappa shape index (κ3) is 4.75. The lowest BCUT2D eigenvalue weighted by Crippen LogP contribution is -2.38. The van der Waals surface area contributed by atoms with Crippen LogP contribution in [0, 0.1) is 6.92 Å². The van der Waals surface area contributed by atoms with Crippen molar-refractivity contribution in [2.24, 2.45) is 0 Å². The van der Waals surface area contributed by atoms with Gasteiger partial charge in [-0.25, -0.2) is 8.42 Å². The van der Waals surface area contributed by atoms with Crippen molar-refractivity contribution in [2.45, 2.75) is 11.8 Å². The van der Waals surface area contributed by atoms with Crippen LogP contribution in [0.25, 0.3) is 0 Å². The summed E-state index contributed by atoms with van der Waals surface area (Å²) in [6.07, 6.45) is 0. The molecular formula is C22H21ClN2O4S. The van der Waals surface area contributed by atoms with Gasteiger partial charge in [-0.05, 0) is 43.3 Å². The second-order valence-corrected chi connectivity index (χ2v) is 8.79. The average Bonchev–Trinajstić information content (AvgIpc) is 2.73.